The van der Waals surface area contributed by atoms with Gasteiger partial charge in [0.05, 0.1) is 4.88 Å². The summed E-state index contributed by atoms with van der Waals surface area (Å²) in [4.78, 5) is 13.4. The van der Waals surface area contributed by atoms with E-state index in [0.29, 0.717) is 17.4 Å². The Labute approximate surface area is 153 Å². The first-order chi connectivity index (χ1) is 12.6. The number of esters is 1. The third-order valence-electron chi connectivity index (χ3n) is 3.89. The molecule has 8 heteroatoms. The molecule has 0 N–H and O–H groups in total. The second kappa shape index (κ2) is 6.80. The molecule has 3 unspecified atom stereocenters. The van der Waals surface area contributed by atoms with E-state index in [2.05, 4.69) is 10.2 Å². The average molecular weight is 372 g/mol. The fraction of sp³-hybridized carbons (Fsp3) is 0.278. The van der Waals surface area contributed by atoms with Crippen LogP contribution < -0.4 is 9.47 Å². The predicted molar refractivity (Wildman–Crippen MR) is 93.1 cm³/mol. The molecule has 0 amide bonds. The number of benzene rings is 1. The van der Waals surface area contributed by atoms with Crippen molar-refractivity contribution in [2.75, 3.05) is 0 Å². The van der Waals surface area contributed by atoms with Crippen LogP contribution in [0.2, 0.25) is 0 Å². The third-order valence-corrected chi connectivity index (χ3v) is 4.75. The quantitative estimate of drug-likeness (QED) is 0.647. The van der Waals surface area contributed by atoms with E-state index in [1.807, 2.05) is 29.6 Å². The van der Waals surface area contributed by atoms with E-state index in [4.69, 9.17) is 18.6 Å². The highest BCUT2D eigenvalue weighted by Gasteiger charge is 2.36. The van der Waals surface area contributed by atoms with Crippen molar-refractivity contribution >= 4 is 17.3 Å². The first-order valence-corrected chi connectivity index (χ1v) is 9.00. The predicted octanol–water partition coefficient (Wildman–Crippen LogP) is 3.63. The molecule has 2 aromatic heterocycles. The minimum absolute atomic E-state index is 0.228. The summed E-state index contributed by atoms with van der Waals surface area (Å²) in [5.74, 6) is 1.20. The van der Waals surface area contributed by atoms with Gasteiger partial charge in [-0.05, 0) is 37.4 Å². The fourth-order valence-electron chi connectivity index (χ4n) is 2.57. The summed E-state index contributed by atoms with van der Waals surface area (Å²) in [5, 5.41) is 9.88. The first kappa shape index (κ1) is 16.6. The van der Waals surface area contributed by atoms with E-state index in [-0.39, 0.29) is 5.89 Å². The Balaban J connectivity index is 1.45. The zero-order chi connectivity index (χ0) is 18.1. The molecule has 0 bridgehead atoms. The number of hydrogen-bond acceptors (Lipinski definition) is 8. The number of nitrogens with zero attached hydrogens (tertiary/aromatic N) is 2. The molecule has 0 aliphatic carbocycles. The summed E-state index contributed by atoms with van der Waals surface area (Å²) < 4.78 is 22.5. The number of thiophene rings is 1. The molecule has 0 spiro atoms. The van der Waals surface area contributed by atoms with Crippen LogP contribution in [-0.4, -0.2) is 28.4 Å². The molecular weight excluding hydrogens is 356 g/mol. The summed E-state index contributed by atoms with van der Waals surface area (Å²) in [7, 11) is 0. The van der Waals surface area contributed by atoms with Gasteiger partial charge in [0.1, 0.15) is 6.10 Å². The summed E-state index contributed by atoms with van der Waals surface area (Å²) in [6.45, 7) is 3.43. The topological polar surface area (TPSA) is 83.7 Å². The largest absolute Gasteiger partial charge is 0.482 e. The Hall–Kier alpha value is -2.87. The summed E-state index contributed by atoms with van der Waals surface area (Å²) in [5.41, 5.74) is 0. The zero-order valence-corrected chi connectivity index (χ0v) is 14.9. The van der Waals surface area contributed by atoms with Crippen LogP contribution in [0.4, 0.5) is 0 Å². The van der Waals surface area contributed by atoms with E-state index in [9.17, 15) is 4.79 Å². The van der Waals surface area contributed by atoms with Crippen LogP contribution in [0.1, 0.15) is 25.8 Å². The molecule has 1 aliphatic rings. The average Bonchev–Trinajstić information content (AvgIpc) is 3.32. The molecule has 0 fully saturated rings. The summed E-state index contributed by atoms with van der Waals surface area (Å²) in [6.07, 6.45) is -2.04. The number of fused-ring (bicyclic) bond motifs is 1. The van der Waals surface area contributed by atoms with Crippen molar-refractivity contribution in [2.45, 2.75) is 32.2 Å². The van der Waals surface area contributed by atoms with Gasteiger partial charge in [-0.2, -0.15) is 0 Å². The van der Waals surface area contributed by atoms with Gasteiger partial charge in [0.15, 0.2) is 17.6 Å². The van der Waals surface area contributed by atoms with Crippen molar-refractivity contribution in [2.24, 2.45) is 0 Å². The van der Waals surface area contributed by atoms with Crippen molar-refractivity contribution in [1.82, 2.24) is 10.2 Å². The highest BCUT2D eigenvalue weighted by molar-refractivity contribution is 7.13. The highest BCUT2D eigenvalue weighted by Crippen LogP contribution is 2.34. The van der Waals surface area contributed by atoms with Crippen molar-refractivity contribution in [3.05, 3.63) is 47.7 Å². The molecule has 0 saturated carbocycles. The molecule has 4 rings (SSSR count). The number of rotatable bonds is 4. The number of hydrogen-bond donors (Lipinski definition) is 0. The standard InChI is InChI=1S/C18H16N2O5S/c1-10-15(24-13-7-4-3-6-12(13)22-10)18(21)23-11(2)16-19-20-17(25-16)14-8-5-9-26-14/h3-11,15H,1-2H3. The molecule has 26 heavy (non-hydrogen) atoms. The van der Waals surface area contributed by atoms with Crippen LogP contribution >= 0.6 is 11.3 Å². The normalized spacial score (nSPS) is 19.8. The van der Waals surface area contributed by atoms with Gasteiger partial charge < -0.3 is 18.6 Å². The number of para-hydroxylation sites is 2. The molecule has 3 aromatic rings. The van der Waals surface area contributed by atoms with Gasteiger partial charge >= 0.3 is 5.97 Å². The highest BCUT2D eigenvalue weighted by atomic mass is 32.1. The minimum Gasteiger partial charge on any atom is -0.482 e. The molecule has 1 aromatic carbocycles. The van der Waals surface area contributed by atoms with Crippen molar-refractivity contribution in [1.29, 1.82) is 0 Å². The lowest BCUT2D eigenvalue weighted by atomic mass is 10.2. The minimum atomic E-state index is -0.868. The molecular formula is C18H16N2O5S. The van der Waals surface area contributed by atoms with E-state index >= 15 is 0 Å². The van der Waals surface area contributed by atoms with E-state index < -0.39 is 24.3 Å². The monoisotopic (exact) mass is 372 g/mol. The molecule has 3 heterocycles. The Morgan fingerprint density at radius 2 is 1.92 bits per heavy atom. The lowest BCUT2D eigenvalue weighted by Crippen LogP contribution is -2.44. The van der Waals surface area contributed by atoms with Gasteiger partial charge in [-0.3, -0.25) is 0 Å². The van der Waals surface area contributed by atoms with Gasteiger partial charge in [0, 0.05) is 0 Å². The van der Waals surface area contributed by atoms with Crippen molar-refractivity contribution < 1.29 is 23.4 Å². The molecule has 0 radical (unpaired) electrons. The van der Waals surface area contributed by atoms with Crippen LogP contribution in [-0.2, 0) is 9.53 Å². The number of ether oxygens (including phenoxy) is 3. The Morgan fingerprint density at radius 1 is 1.15 bits per heavy atom. The maximum atomic E-state index is 12.5. The van der Waals surface area contributed by atoms with Crippen LogP contribution in [0.3, 0.4) is 0 Å². The lowest BCUT2D eigenvalue weighted by molar-refractivity contribution is -0.163. The number of aromatic nitrogens is 2. The van der Waals surface area contributed by atoms with Crippen LogP contribution in [0, 0.1) is 0 Å². The van der Waals surface area contributed by atoms with E-state index in [1.54, 1.807) is 26.0 Å². The second-order valence-corrected chi connectivity index (χ2v) is 6.76. The van der Waals surface area contributed by atoms with Gasteiger partial charge in [-0.15, -0.1) is 21.5 Å². The van der Waals surface area contributed by atoms with Crippen LogP contribution in [0.5, 0.6) is 11.5 Å². The zero-order valence-electron chi connectivity index (χ0n) is 14.1. The number of carbonyl (C=O) groups excluding carboxylic acids is 1. The fourth-order valence-corrected chi connectivity index (χ4v) is 3.21. The Kier molecular flexibility index (Phi) is 4.34. The van der Waals surface area contributed by atoms with Crippen LogP contribution in [0.25, 0.3) is 10.8 Å². The SMILES string of the molecule is CC(OC(=O)C1Oc2ccccc2OC1C)c1nnc(-c2cccs2)o1. The van der Waals surface area contributed by atoms with Crippen molar-refractivity contribution in [3.63, 3.8) is 0 Å². The smallest absolute Gasteiger partial charge is 0.352 e. The second-order valence-electron chi connectivity index (χ2n) is 5.81. The van der Waals surface area contributed by atoms with Gasteiger partial charge in [-0.25, -0.2) is 4.79 Å². The molecule has 7 nitrogen and oxygen atoms in total. The third kappa shape index (κ3) is 3.15. The van der Waals surface area contributed by atoms with Crippen LogP contribution in [0.15, 0.2) is 46.2 Å². The Bertz CT molecular complexity index is 908. The van der Waals surface area contributed by atoms with Crippen molar-refractivity contribution in [3.8, 4) is 22.3 Å². The first-order valence-electron chi connectivity index (χ1n) is 8.12. The lowest BCUT2D eigenvalue weighted by Gasteiger charge is -2.30. The molecule has 1 aliphatic heterocycles. The summed E-state index contributed by atoms with van der Waals surface area (Å²) in [6, 6.07) is 11.0. The number of carbonyl (C=O) groups is 1. The maximum Gasteiger partial charge on any atom is 0.352 e. The van der Waals surface area contributed by atoms with Gasteiger partial charge in [-0.1, -0.05) is 18.2 Å². The molecule has 134 valence electrons. The molecule has 3 atom stereocenters. The van der Waals surface area contributed by atoms with Gasteiger partial charge in [0.25, 0.3) is 11.8 Å². The van der Waals surface area contributed by atoms with E-state index in [0.717, 1.165) is 4.88 Å². The molecule has 0 saturated heterocycles. The Morgan fingerprint density at radius 3 is 2.65 bits per heavy atom. The maximum absolute atomic E-state index is 12.5. The van der Waals surface area contributed by atoms with Gasteiger partial charge in [0.2, 0.25) is 6.10 Å². The summed E-state index contributed by atoms with van der Waals surface area (Å²) >= 11 is 1.49. The van der Waals surface area contributed by atoms with E-state index in [1.165, 1.54) is 11.3 Å².